The fourth-order valence-electron chi connectivity index (χ4n) is 2.05. The molecule has 96 valence electrons. The zero-order valence-electron chi connectivity index (χ0n) is 10.2. The number of rotatable bonds is 5. The van der Waals surface area contributed by atoms with E-state index in [-0.39, 0.29) is 24.4 Å². The number of nitrogens with one attached hydrogen (secondary N) is 1. The van der Waals surface area contributed by atoms with Gasteiger partial charge in [0.2, 0.25) is 5.91 Å². The molecule has 1 heterocycles. The van der Waals surface area contributed by atoms with E-state index < -0.39 is 5.97 Å². The van der Waals surface area contributed by atoms with Crippen molar-refractivity contribution in [2.24, 2.45) is 0 Å². The SMILES string of the molecule is C=CCN1CCC(C)NC(=O)C1CCC(=O)O. The van der Waals surface area contributed by atoms with Gasteiger partial charge in [-0.1, -0.05) is 6.08 Å². The molecular weight excluding hydrogens is 220 g/mol. The summed E-state index contributed by atoms with van der Waals surface area (Å²) in [6.07, 6.45) is 2.99. The Bertz CT molecular complexity index is 304. The van der Waals surface area contributed by atoms with Crippen LogP contribution in [-0.4, -0.2) is 47.1 Å². The normalized spacial score (nSPS) is 26.1. The molecule has 0 bridgehead atoms. The van der Waals surface area contributed by atoms with Gasteiger partial charge in [-0.3, -0.25) is 14.5 Å². The highest BCUT2D eigenvalue weighted by Crippen LogP contribution is 2.13. The van der Waals surface area contributed by atoms with E-state index in [1.54, 1.807) is 6.08 Å². The van der Waals surface area contributed by atoms with Crippen molar-refractivity contribution in [1.29, 1.82) is 0 Å². The van der Waals surface area contributed by atoms with Crippen LogP contribution in [0.5, 0.6) is 0 Å². The summed E-state index contributed by atoms with van der Waals surface area (Å²) in [5, 5.41) is 11.6. The van der Waals surface area contributed by atoms with Crippen LogP contribution in [-0.2, 0) is 9.59 Å². The maximum atomic E-state index is 11.9. The van der Waals surface area contributed by atoms with Gasteiger partial charge < -0.3 is 10.4 Å². The minimum Gasteiger partial charge on any atom is -0.481 e. The minimum absolute atomic E-state index is 0.0140. The number of amides is 1. The Morgan fingerprint density at radius 2 is 2.41 bits per heavy atom. The molecule has 0 aromatic rings. The van der Waals surface area contributed by atoms with Crippen molar-refractivity contribution in [2.75, 3.05) is 13.1 Å². The predicted octanol–water partition coefficient (Wildman–Crippen LogP) is 0.616. The second-order valence-electron chi connectivity index (χ2n) is 4.43. The molecule has 1 aliphatic rings. The third kappa shape index (κ3) is 4.19. The van der Waals surface area contributed by atoms with E-state index in [0.717, 1.165) is 13.0 Å². The van der Waals surface area contributed by atoms with E-state index in [4.69, 9.17) is 5.11 Å². The first-order chi connectivity index (χ1) is 8.04. The van der Waals surface area contributed by atoms with Gasteiger partial charge in [0.1, 0.15) is 0 Å². The monoisotopic (exact) mass is 240 g/mol. The molecule has 1 amide bonds. The number of hydrogen-bond acceptors (Lipinski definition) is 3. The van der Waals surface area contributed by atoms with E-state index in [9.17, 15) is 9.59 Å². The van der Waals surface area contributed by atoms with Crippen molar-refractivity contribution in [3.05, 3.63) is 12.7 Å². The van der Waals surface area contributed by atoms with Gasteiger partial charge in [0.15, 0.2) is 0 Å². The summed E-state index contributed by atoms with van der Waals surface area (Å²) in [4.78, 5) is 24.5. The fourth-order valence-corrected chi connectivity index (χ4v) is 2.05. The number of carboxylic acids is 1. The summed E-state index contributed by atoms with van der Waals surface area (Å²) in [5.74, 6) is -0.938. The summed E-state index contributed by atoms with van der Waals surface area (Å²) in [6.45, 7) is 7.03. The lowest BCUT2D eigenvalue weighted by atomic mass is 10.1. The first kappa shape index (κ1) is 13.7. The van der Waals surface area contributed by atoms with Gasteiger partial charge in [0.25, 0.3) is 0 Å². The number of carbonyl (C=O) groups excluding carboxylic acids is 1. The van der Waals surface area contributed by atoms with Crippen molar-refractivity contribution in [3.8, 4) is 0 Å². The smallest absolute Gasteiger partial charge is 0.303 e. The lowest BCUT2D eigenvalue weighted by Crippen LogP contribution is -2.45. The van der Waals surface area contributed by atoms with E-state index in [1.807, 2.05) is 11.8 Å². The molecule has 1 rings (SSSR count). The second kappa shape index (κ2) is 6.39. The van der Waals surface area contributed by atoms with Gasteiger partial charge in [-0.25, -0.2) is 0 Å². The Balaban J connectivity index is 2.71. The average molecular weight is 240 g/mol. The van der Waals surface area contributed by atoms with E-state index in [2.05, 4.69) is 11.9 Å². The molecule has 2 N–H and O–H groups in total. The summed E-state index contributed by atoms with van der Waals surface area (Å²) >= 11 is 0. The van der Waals surface area contributed by atoms with Crippen LogP contribution in [0.2, 0.25) is 0 Å². The lowest BCUT2D eigenvalue weighted by Gasteiger charge is -2.26. The van der Waals surface area contributed by atoms with Crippen molar-refractivity contribution in [3.63, 3.8) is 0 Å². The fraction of sp³-hybridized carbons (Fsp3) is 0.667. The topological polar surface area (TPSA) is 69.6 Å². The van der Waals surface area contributed by atoms with Gasteiger partial charge in [0.05, 0.1) is 6.04 Å². The quantitative estimate of drug-likeness (QED) is 0.691. The van der Waals surface area contributed by atoms with Gasteiger partial charge in [-0.05, 0) is 19.8 Å². The van der Waals surface area contributed by atoms with Gasteiger partial charge >= 0.3 is 5.97 Å². The highest BCUT2D eigenvalue weighted by Gasteiger charge is 2.29. The largest absolute Gasteiger partial charge is 0.481 e. The van der Waals surface area contributed by atoms with Crippen LogP contribution in [0.15, 0.2) is 12.7 Å². The molecule has 17 heavy (non-hydrogen) atoms. The third-order valence-corrected chi connectivity index (χ3v) is 2.98. The molecule has 2 atom stereocenters. The summed E-state index contributed by atoms with van der Waals surface area (Å²) in [5.41, 5.74) is 0. The third-order valence-electron chi connectivity index (χ3n) is 2.98. The van der Waals surface area contributed by atoms with E-state index >= 15 is 0 Å². The predicted molar refractivity (Wildman–Crippen MR) is 64.6 cm³/mol. The highest BCUT2D eigenvalue weighted by atomic mass is 16.4. The Morgan fingerprint density at radius 3 is 3.00 bits per heavy atom. The first-order valence-corrected chi connectivity index (χ1v) is 5.91. The maximum absolute atomic E-state index is 11.9. The van der Waals surface area contributed by atoms with Crippen LogP contribution in [0.1, 0.15) is 26.2 Å². The molecule has 1 fully saturated rings. The van der Waals surface area contributed by atoms with E-state index in [1.165, 1.54) is 0 Å². The van der Waals surface area contributed by atoms with Crippen molar-refractivity contribution in [2.45, 2.75) is 38.3 Å². The maximum Gasteiger partial charge on any atom is 0.303 e. The molecule has 5 heteroatoms. The van der Waals surface area contributed by atoms with Crippen molar-refractivity contribution in [1.82, 2.24) is 10.2 Å². The zero-order valence-corrected chi connectivity index (χ0v) is 10.2. The Labute approximate surface area is 101 Å². The molecule has 2 unspecified atom stereocenters. The van der Waals surface area contributed by atoms with Crippen LogP contribution < -0.4 is 5.32 Å². The van der Waals surface area contributed by atoms with Gasteiger partial charge in [-0.2, -0.15) is 0 Å². The molecule has 1 aliphatic heterocycles. The van der Waals surface area contributed by atoms with Crippen LogP contribution in [0.25, 0.3) is 0 Å². The minimum atomic E-state index is -0.867. The number of nitrogens with zero attached hydrogens (tertiary/aromatic N) is 1. The van der Waals surface area contributed by atoms with Gasteiger partial charge in [-0.15, -0.1) is 6.58 Å². The van der Waals surface area contributed by atoms with Crippen molar-refractivity contribution < 1.29 is 14.7 Å². The average Bonchev–Trinajstić information content (AvgIpc) is 2.37. The molecule has 0 aliphatic carbocycles. The highest BCUT2D eigenvalue weighted by molar-refractivity contribution is 5.83. The number of hydrogen-bond donors (Lipinski definition) is 2. The number of aliphatic carboxylic acids is 1. The van der Waals surface area contributed by atoms with Crippen LogP contribution in [0, 0.1) is 0 Å². The molecule has 0 saturated carbocycles. The zero-order chi connectivity index (χ0) is 12.8. The number of carbonyl (C=O) groups is 2. The van der Waals surface area contributed by atoms with E-state index in [0.29, 0.717) is 13.0 Å². The molecule has 0 aromatic carbocycles. The van der Waals surface area contributed by atoms with Crippen LogP contribution in [0.3, 0.4) is 0 Å². The Kier molecular flexibility index (Phi) is 5.15. The first-order valence-electron chi connectivity index (χ1n) is 5.91. The molecular formula is C12H20N2O3. The molecule has 0 radical (unpaired) electrons. The second-order valence-corrected chi connectivity index (χ2v) is 4.43. The van der Waals surface area contributed by atoms with Crippen molar-refractivity contribution >= 4 is 11.9 Å². The van der Waals surface area contributed by atoms with Crippen LogP contribution in [0.4, 0.5) is 0 Å². The number of carboxylic acid groups (broad SMARTS) is 1. The standard InChI is InChI=1S/C12H20N2O3/c1-3-7-14-8-6-9(2)13-12(17)10(14)4-5-11(15)16/h3,9-10H,1,4-8H2,2H3,(H,13,17)(H,15,16). The Morgan fingerprint density at radius 1 is 1.71 bits per heavy atom. The summed E-state index contributed by atoms with van der Waals surface area (Å²) in [6, 6.07) is -0.210. The summed E-state index contributed by atoms with van der Waals surface area (Å²) in [7, 11) is 0. The molecule has 5 nitrogen and oxygen atoms in total. The lowest BCUT2D eigenvalue weighted by molar-refractivity contribution is -0.137. The van der Waals surface area contributed by atoms with Crippen LogP contribution >= 0.6 is 0 Å². The summed E-state index contributed by atoms with van der Waals surface area (Å²) < 4.78 is 0. The molecule has 0 aromatic heterocycles. The Hall–Kier alpha value is -1.36. The molecule has 1 saturated heterocycles. The molecule has 0 spiro atoms. The van der Waals surface area contributed by atoms with Gasteiger partial charge in [0, 0.05) is 25.6 Å².